The van der Waals surface area contributed by atoms with Crippen molar-refractivity contribution in [2.24, 2.45) is 0 Å². The Morgan fingerprint density at radius 3 is 2.00 bits per heavy atom. The zero-order valence-corrected chi connectivity index (χ0v) is 11.2. The lowest BCUT2D eigenvalue weighted by atomic mass is 10.2. The normalized spacial score (nSPS) is 19.5. The van der Waals surface area contributed by atoms with E-state index in [9.17, 15) is 22.0 Å². The highest BCUT2D eigenvalue weighted by Crippen LogP contribution is 2.29. The van der Waals surface area contributed by atoms with E-state index in [0.717, 1.165) is 17.3 Å². The standard InChI is InChI=1S/C11H10F5NS2/c12-6-7(13)9(15)11(10(16)8(6)14)17-3-5-4-18-1-2-19-5/h5,17H,1-4H2. The average Bonchev–Trinajstić information content (AvgIpc) is 2.44. The van der Waals surface area contributed by atoms with Crippen LogP contribution in [-0.2, 0) is 0 Å². The van der Waals surface area contributed by atoms with E-state index in [0.29, 0.717) is 0 Å². The van der Waals surface area contributed by atoms with Gasteiger partial charge in [0.2, 0.25) is 5.82 Å². The third-order valence-electron chi connectivity index (χ3n) is 2.60. The minimum Gasteiger partial charge on any atom is -0.379 e. The van der Waals surface area contributed by atoms with Crippen LogP contribution >= 0.6 is 23.5 Å². The largest absolute Gasteiger partial charge is 0.379 e. The lowest BCUT2D eigenvalue weighted by Crippen LogP contribution is -2.24. The van der Waals surface area contributed by atoms with Crippen molar-refractivity contribution in [2.75, 3.05) is 29.1 Å². The molecule has 0 aliphatic carbocycles. The number of thioether (sulfide) groups is 2. The van der Waals surface area contributed by atoms with Crippen LogP contribution in [0.25, 0.3) is 0 Å². The molecular formula is C11H10F5NS2. The van der Waals surface area contributed by atoms with Gasteiger partial charge in [-0.25, -0.2) is 22.0 Å². The van der Waals surface area contributed by atoms with Gasteiger partial charge in [-0.1, -0.05) is 0 Å². The molecule has 1 saturated heterocycles. The number of hydrogen-bond donors (Lipinski definition) is 1. The van der Waals surface area contributed by atoms with Crippen molar-refractivity contribution in [1.82, 2.24) is 0 Å². The molecule has 1 aromatic carbocycles. The van der Waals surface area contributed by atoms with Gasteiger partial charge in [-0.05, 0) is 0 Å². The SMILES string of the molecule is Fc1c(F)c(F)c(NCC2CSCCS2)c(F)c1F. The molecule has 0 saturated carbocycles. The molecule has 1 aliphatic rings. The molecule has 1 fully saturated rings. The molecule has 1 unspecified atom stereocenters. The summed E-state index contributed by atoms with van der Waals surface area (Å²) in [4.78, 5) is 0. The quantitative estimate of drug-likeness (QED) is 0.519. The number of benzene rings is 1. The van der Waals surface area contributed by atoms with Crippen molar-refractivity contribution < 1.29 is 22.0 Å². The zero-order chi connectivity index (χ0) is 14.0. The second kappa shape index (κ2) is 6.21. The summed E-state index contributed by atoms with van der Waals surface area (Å²) >= 11 is 3.31. The first kappa shape index (κ1) is 14.8. The third-order valence-corrected chi connectivity index (χ3v) is 5.45. The molecule has 1 aliphatic heterocycles. The molecule has 0 amide bonds. The fourth-order valence-electron chi connectivity index (χ4n) is 1.63. The van der Waals surface area contributed by atoms with Crippen LogP contribution in [0.5, 0.6) is 0 Å². The summed E-state index contributed by atoms with van der Waals surface area (Å²) in [6, 6.07) is 0. The average molecular weight is 315 g/mol. The van der Waals surface area contributed by atoms with Crippen molar-refractivity contribution in [3.8, 4) is 0 Å². The maximum Gasteiger partial charge on any atom is 0.200 e. The highest BCUT2D eigenvalue weighted by Gasteiger charge is 2.26. The van der Waals surface area contributed by atoms with Crippen LogP contribution in [0.3, 0.4) is 0 Å². The molecule has 1 nitrogen and oxygen atoms in total. The summed E-state index contributed by atoms with van der Waals surface area (Å²) in [5.41, 5.74) is -0.951. The summed E-state index contributed by atoms with van der Waals surface area (Å²) < 4.78 is 65.5. The Bertz CT molecular complexity index is 448. The summed E-state index contributed by atoms with van der Waals surface area (Å²) in [5, 5.41) is 2.42. The lowest BCUT2D eigenvalue weighted by molar-refractivity contribution is 0.381. The monoisotopic (exact) mass is 315 g/mol. The Hall–Kier alpha value is -0.630. The highest BCUT2D eigenvalue weighted by atomic mass is 32.2. The van der Waals surface area contributed by atoms with Crippen LogP contribution in [0.1, 0.15) is 0 Å². The Labute approximate surface area is 115 Å². The van der Waals surface area contributed by atoms with E-state index >= 15 is 0 Å². The predicted molar refractivity (Wildman–Crippen MR) is 68.3 cm³/mol. The summed E-state index contributed by atoms with van der Waals surface area (Å²) in [7, 11) is 0. The molecule has 0 aromatic heterocycles. The van der Waals surface area contributed by atoms with Gasteiger partial charge in [0.1, 0.15) is 5.69 Å². The number of hydrogen-bond acceptors (Lipinski definition) is 3. The maximum absolute atomic E-state index is 13.4. The molecule has 1 heterocycles. The Kier molecular flexibility index (Phi) is 4.83. The second-order valence-corrected chi connectivity index (χ2v) is 6.45. The molecular weight excluding hydrogens is 305 g/mol. The van der Waals surface area contributed by atoms with E-state index in [1.54, 1.807) is 23.5 Å². The van der Waals surface area contributed by atoms with Crippen LogP contribution in [0.2, 0.25) is 0 Å². The molecule has 1 N–H and O–H groups in total. The highest BCUT2D eigenvalue weighted by molar-refractivity contribution is 8.06. The van der Waals surface area contributed by atoms with Gasteiger partial charge in [-0.15, -0.1) is 0 Å². The van der Waals surface area contributed by atoms with E-state index in [1.807, 2.05) is 0 Å². The van der Waals surface area contributed by atoms with Crippen LogP contribution in [0.15, 0.2) is 0 Å². The van der Waals surface area contributed by atoms with Crippen molar-refractivity contribution >= 4 is 29.2 Å². The van der Waals surface area contributed by atoms with Gasteiger partial charge in [0.15, 0.2) is 23.3 Å². The van der Waals surface area contributed by atoms with Crippen LogP contribution in [-0.4, -0.2) is 29.1 Å². The fourth-order valence-corrected chi connectivity index (χ4v) is 4.24. The summed E-state index contributed by atoms with van der Waals surface area (Å²) in [5.74, 6) is -6.91. The minimum atomic E-state index is -2.14. The number of halogens is 5. The van der Waals surface area contributed by atoms with Crippen LogP contribution in [0, 0.1) is 29.1 Å². The van der Waals surface area contributed by atoms with Crippen molar-refractivity contribution in [3.05, 3.63) is 29.1 Å². The second-order valence-electron chi connectivity index (χ2n) is 3.89. The zero-order valence-electron chi connectivity index (χ0n) is 9.61. The topological polar surface area (TPSA) is 12.0 Å². The van der Waals surface area contributed by atoms with Crippen molar-refractivity contribution in [3.63, 3.8) is 0 Å². The first-order chi connectivity index (χ1) is 9.02. The molecule has 8 heteroatoms. The molecule has 106 valence electrons. The van der Waals surface area contributed by atoms with Crippen molar-refractivity contribution in [2.45, 2.75) is 5.25 Å². The van der Waals surface area contributed by atoms with Gasteiger partial charge in [0.05, 0.1) is 0 Å². The third kappa shape index (κ3) is 3.10. The first-order valence-electron chi connectivity index (χ1n) is 5.47. The molecule has 1 atom stereocenters. The van der Waals surface area contributed by atoms with E-state index in [1.165, 1.54) is 0 Å². The van der Waals surface area contributed by atoms with Gasteiger partial charge in [0, 0.05) is 29.1 Å². The number of anilines is 1. The predicted octanol–water partition coefficient (Wildman–Crippen LogP) is 3.64. The molecule has 2 rings (SSSR count). The van der Waals surface area contributed by atoms with E-state index in [2.05, 4.69) is 5.32 Å². The lowest BCUT2D eigenvalue weighted by Gasteiger charge is -2.22. The maximum atomic E-state index is 13.4. The first-order valence-corrected chi connectivity index (χ1v) is 7.67. The molecule has 1 aromatic rings. The van der Waals surface area contributed by atoms with Gasteiger partial charge in [-0.3, -0.25) is 0 Å². The van der Waals surface area contributed by atoms with Crippen LogP contribution < -0.4 is 5.32 Å². The summed E-state index contributed by atoms with van der Waals surface area (Å²) in [6.07, 6.45) is 0. The van der Waals surface area contributed by atoms with Gasteiger partial charge >= 0.3 is 0 Å². The Balaban J connectivity index is 2.15. The van der Waals surface area contributed by atoms with Crippen LogP contribution in [0.4, 0.5) is 27.6 Å². The number of rotatable bonds is 3. The molecule has 19 heavy (non-hydrogen) atoms. The fraction of sp³-hybridized carbons (Fsp3) is 0.455. The van der Waals surface area contributed by atoms with E-state index in [-0.39, 0.29) is 11.8 Å². The van der Waals surface area contributed by atoms with Gasteiger partial charge < -0.3 is 5.32 Å². The summed E-state index contributed by atoms with van der Waals surface area (Å²) in [6.45, 7) is 0.163. The number of nitrogens with one attached hydrogen (secondary N) is 1. The van der Waals surface area contributed by atoms with E-state index in [4.69, 9.17) is 0 Å². The van der Waals surface area contributed by atoms with Gasteiger partial charge in [-0.2, -0.15) is 23.5 Å². The van der Waals surface area contributed by atoms with Gasteiger partial charge in [0.25, 0.3) is 0 Å². The Morgan fingerprint density at radius 1 is 0.895 bits per heavy atom. The van der Waals surface area contributed by atoms with Crippen molar-refractivity contribution in [1.29, 1.82) is 0 Å². The minimum absolute atomic E-state index is 0.0914. The smallest absolute Gasteiger partial charge is 0.200 e. The van der Waals surface area contributed by atoms with E-state index < -0.39 is 34.8 Å². The molecule has 0 bridgehead atoms. The Morgan fingerprint density at radius 2 is 1.47 bits per heavy atom. The molecule has 0 radical (unpaired) electrons. The molecule has 0 spiro atoms.